The summed E-state index contributed by atoms with van der Waals surface area (Å²) in [5.74, 6) is 1.82. The molecule has 0 radical (unpaired) electrons. The Hall–Kier alpha value is -0.120. The Kier molecular flexibility index (Phi) is 6.97. The minimum absolute atomic E-state index is 0.710. The van der Waals surface area contributed by atoms with Crippen molar-refractivity contribution in [3.63, 3.8) is 0 Å². The predicted molar refractivity (Wildman–Crippen MR) is 91.7 cm³/mol. The van der Waals surface area contributed by atoms with Crippen LogP contribution in [0.15, 0.2) is 0 Å². The Balaban J connectivity index is 1.95. The highest BCUT2D eigenvalue weighted by Crippen LogP contribution is 2.32. The van der Waals surface area contributed by atoms with Crippen LogP contribution in [0.3, 0.4) is 0 Å². The normalized spacial score (nSPS) is 36.6. The number of nitrogens with one attached hydrogen (secondary N) is 1. The molecule has 0 spiro atoms. The molecule has 1 heterocycles. The van der Waals surface area contributed by atoms with Crippen molar-refractivity contribution < 1.29 is 0 Å². The highest BCUT2D eigenvalue weighted by Gasteiger charge is 2.32. The van der Waals surface area contributed by atoms with Crippen LogP contribution in [0.25, 0.3) is 0 Å². The topological polar surface area (TPSA) is 18.5 Å². The van der Waals surface area contributed by atoms with Gasteiger partial charge < -0.3 is 10.2 Å². The fourth-order valence-electron chi connectivity index (χ4n) is 4.46. The van der Waals surface area contributed by atoms with Crippen molar-refractivity contribution in [3.05, 3.63) is 0 Å². The van der Waals surface area contributed by atoms with Gasteiger partial charge >= 0.3 is 0 Å². The molecule has 1 aliphatic heterocycles. The number of nitrogens with zero attached hydrogens (tertiary/aromatic N) is 2. The van der Waals surface area contributed by atoms with Gasteiger partial charge in [-0.2, -0.15) is 0 Å². The lowest BCUT2D eigenvalue weighted by atomic mass is 9.76. The van der Waals surface area contributed by atoms with Crippen LogP contribution < -0.4 is 5.32 Å². The number of rotatable bonds is 5. The molecule has 2 aliphatic rings. The zero-order chi connectivity index (χ0) is 15.2. The molecule has 1 N–H and O–H groups in total. The highest BCUT2D eigenvalue weighted by atomic mass is 15.2. The summed E-state index contributed by atoms with van der Waals surface area (Å²) in [4.78, 5) is 5.28. The lowest BCUT2D eigenvalue weighted by molar-refractivity contribution is 0.115. The fourth-order valence-corrected chi connectivity index (χ4v) is 4.46. The van der Waals surface area contributed by atoms with Gasteiger partial charge in [-0.3, -0.25) is 4.90 Å². The van der Waals surface area contributed by atoms with Gasteiger partial charge in [0.25, 0.3) is 0 Å². The molecular formula is C18H37N3. The largest absolute Gasteiger partial charge is 0.314 e. The Labute approximate surface area is 132 Å². The number of hydrogen-bond donors (Lipinski definition) is 1. The summed E-state index contributed by atoms with van der Waals surface area (Å²) in [6, 6.07) is 1.47. The van der Waals surface area contributed by atoms with E-state index in [0.717, 1.165) is 24.4 Å². The monoisotopic (exact) mass is 295 g/mol. The summed E-state index contributed by atoms with van der Waals surface area (Å²) in [6.45, 7) is 13.3. The molecule has 0 aromatic rings. The lowest BCUT2D eigenvalue weighted by Crippen LogP contribution is -2.48. The van der Waals surface area contributed by atoms with E-state index in [0.29, 0.717) is 6.04 Å². The summed E-state index contributed by atoms with van der Waals surface area (Å²) in [5.41, 5.74) is 0. The van der Waals surface area contributed by atoms with Crippen molar-refractivity contribution >= 4 is 0 Å². The van der Waals surface area contributed by atoms with E-state index >= 15 is 0 Å². The van der Waals surface area contributed by atoms with Crippen LogP contribution in [0.2, 0.25) is 0 Å². The minimum atomic E-state index is 0.710. The van der Waals surface area contributed by atoms with E-state index in [1.54, 1.807) is 0 Å². The molecule has 0 bridgehead atoms. The molecule has 1 saturated carbocycles. The maximum atomic E-state index is 3.77. The van der Waals surface area contributed by atoms with Crippen molar-refractivity contribution in [1.29, 1.82) is 0 Å². The SMILES string of the molecule is CCNC1CCC(CC)CC1CN1CCCN(C)CC1C. The number of likely N-dealkylation sites (N-methyl/N-ethyl adjacent to an activating group) is 1. The van der Waals surface area contributed by atoms with E-state index in [1.165, 1.54) is 58.3 Å². The number of hydrogen-bond acceptors (Lipinski definition) is 3. The molecular weight excluding hydrogens is 258 g/mol. The second-order valence-corrected chi connectivity index (χ2v) is 7.47. The molecule has 0 amide bonds. The van der Waals surface area contributed by atoms with Gasteiger partial charge in [0, 0.05) is 25.2 Å². The summed E-state index contributed by atoms with van der Waals surface area (Å²) < 4.78 is 0. The standard InChI is InChI=1S/C18H37N3/c1-5-16-8-9-18(19-6-2)17(12-16)14-21-11-7-10-20(4)13-15(21)3/h15-19H,5-14H2,1-4H3. The van der Waals surface area contributed by atoms with Gasteiger partial charge in [-0.1, -0.05) is 20.3 Å². The first-order valence-electron chi connectivity index (χ1n) is 9.30. The van der Waals surface area contributed by atoms with Crippen LogP contribution in [0.4, 0.5) is 0 Å². The zero-order valence-electron chi connectivity index (χ0n) is 14.8. The van der Waals surface area contributed by atoms with Gasteiger partial charge in [-0.05, 0) is 71.1 Å². The van der Waals surface area contributed by atoms with Crippen LogP contribution in [-0.2, 0) is 0 Å². The molecule has 124 valence electrons. The van der Waals surface area contributed by atoms with Gasteiger partial charge in [0.05, 0.1) is 0 Å². The van der Waals surface area contributed by atoms with Gasteiger partial charge in [0.1, 0.15) is 0 Å². The summed E-state index contributed by atoms with van der Waals surface area (Å²) in [5, 5.41) is 3.77. The first-order valence-corrected chi connectivity index (χ1v) is 9.30. The molecule has 3 heteroatoms. The second-order valence-electron chi connectivity index (χ2n) is 7.47. The minimum Gasteiger partial charge on any atom is -0.314 e. The molecule has 0 aromatic heterocycles. The van der Waals surface area contributed by atoms with Crippen molar-refractivity contribution in [3.8, 4) is 0 Å². The smallest absolute Gasteiger partial charge is 0.0194 e. The summed E-state index contributed by atoms with van der Waals surface area (Å²) in [7, 11) is 2.27. The van der Waals surface area contributed by atoms with Crippen LogP contribution in [0, 0.1) is 11.8 Å². The molecule has 1 saturated heterocycles. The summed E-state index contributed by atoms with van der Waals surface area (Å²) in [6.07, 6.45) is 6.96. The highest BCUT2D eigenvalue weighted by molar-refractivity contribution is 4.88. The molecule has 4 atom stereocenters. The third kappa shape index (κ3) is 4.94. The van der Waals surface area contributed by atoms with Crippen LogP contribution in [-0.4, -0.2) is 61.7 Å². The van der Waals surface area contributed by atoms with Gasteiger partial charge in [-0.25, -0.2) is 0 Å². The Morgan fingerprint density at radius 3 is 2.67 bits per heavy atom. The predicted octanol–water partition coefficient (Wildman–Crippen LogP) is 2.82. The molecule has 2 fully saturated rings. The van der Waals surface area contributed by atoms with E-state index in [2.05, 4.69) is 42.9 Å². The molecule has 4 unspecified atom stereocenters. The average Bonchev–Trinajstić information content (AvgIpc) is 2.62. The van der Waals surface area contributed by atoms with Crippen molar-refractivity contribution in [1.82, 2.24) is 15.1 Å². The van der Waals surface area contributed by atoms with Crippen molar-refractivity contribution in [2.24, 2.45) is 11.8 Å². The fraction of sp³-hybridized carbons (Fsp3) is 1.00. The quantitative estimate of drug-likeness (QED) is 0.841. The summed E-state index contributed by atoms with van der Waals surface area (Å²) >= 11 is 0. The van der Waals surface area contributed by atoms with Gasteiger partial charge in [0.2, 0.25) is 0 Å². The van der Waals surface area contributed by atoms with Gasteiger partial charge in [-0.15, -0.1) is 0 Å². The molecule has 0 aromatic carbocycles. The van der Waals surface area contributed by atoms with E-state index in [4.69, 9.17) is 0 Å². The first-order chi connectivity index (χ1) is 10.1. The Morgan fingerprint density at radius 2 is 1.95 bits per heavy atom. The first kappa shape index (κ1) is 17.2. The Bertz CT molecular complexity index is 294. The zero-order valence-corrected chi connectivity index (χ0v) is 14.8. The van der Waals surface area contributed by atoms with E-state index in [1.807, 2.05) is 0 Å². The molecule has 21 heavy (non-hydrogen) atoms. The third-order valence-electron chi connectivity index (χ3n) is 5.79. The maximum absolute atomic E-state index is 3.77. The van der Waals surface area contributed by atoms with Crippen molar-refractivity contribution in [2.75, 3.05) is 39.8 Å². The van der Waals surface area contributed by atoms with Crippen molar-refractivity contribution in [2.45, 2.75) is 65.0 Å². The van der Waals surface area contributed by atoms with Gasteiger partial charge in [0.15, 0.2) is 0 Å². The van der Waals surface area contributed by atoms with Crippen LogP contribution in [0.5, 0.6) is 0 Å². The molecule has 2 rings (SSSR count). The maximum Gasteiger partial charge on any atom is 0.0194 e. The lowest BCUT2D eigenvalue weighted by Gasteiger charge is -2.40. The van der Waals surface area contributed by atoms with Crippen LogP contribution in [0.1, 0.15) is 52.9 Å². The van der Waals surface area contributed by atoms with E-state index in [-0.39, 0.29) is 0 Å². The molecule has 1 aliphatic carbocycles. The van der Waals surface area contributed by atoms with E-state index < -0.39 is 0 Å². The molecule has 3 nitrogen and oxygen atoms in total. The second kappa shape index (κ2) is 8.50. The average molecular weight is 296 g/mol. The third-order valence-corrected chi connectivity index (χ3v) is 5.79. The Morgan fingerprint density at radius 1 is 1.14 bits per heavy atom. The van der Waals surface area contributed by atoms with Crippen LogP contribution >= 0.6 is 0 Å². The van der Waals surface area contributed by atoms with E-state index in [9.17, 15) is 0 Å².